The van der Waals surface area contributed by atoms with Crippen LogP contribution in [0.15, 0.2) is 42.5 Å². The standard InChI is InChI=1S/C20H22FN5O3/c1-25(15-8-5-13(21)6-9-15)20-24-23-19(26(20)2)16-10-7-14(11-17(16)29-4)22-18(27)12-28-3/h5-11H,12H2,1-4H3,(H,22,27). The summed E-state index contributed by atoms with van der Waals surface area (Å²) < 4.78 is 25.3. The largest absolute Gasteiger partial charge is 0.496 e. The van der Waals surface area contributed by atoms with E-state index >= 15 is 0 Å². The van der Waals surface area contributed by atoms with Gasteiger partial charge in [0.15, 0.2) is 5.82 Å². The summed E-state index contributed by atoms with van der Waals surface area (Å²) in [5, 5.41) is 11.3. The van der Waals surface area contributed by atoms with Gasteiger partial charge in [0.05, 0.1) is 12.7 Å². The van der Waals surface area contributed by atoms with Crippen molar-refractivity contribution in [2.24, 2.45) is 7.05 Å². The van der Waals surface area contributed by atoms with Crippen LogP contribution in [0.25, 0.3) is 11.4 Å². The third-order valence-electron chi connectivity index (χ3n) is 4.37. The van der Waals surface area contributed by atoms with Crippen molar-refractivity contribution in [3.05, 3.63) is 48.3 Å². The molecule has 0 saturated carbocycles. The van der Waals surface area contributed by atoms with E-state index in [1.165, 1.54) is 19.2 Å². The van der Waals surface area contributed by atoms with Crippen LogP contribution in [-0.2, 0) is 16.6 Å². The third-order valence-corrected chi connectivity index (χ3v) is 4.37. The molecule has 3 aromatic rings. The lowest BCUT2D eigenvalue weighted by Crippen LogP contribution is -2.17. The zero-order valence-corrected chi connectivity index (χ0v) is 16.6. The van der Waals surface area contributed by atoms with E-state index in [9.17, 15) is 9.18 Å². The second-order valence-electron chi connectivity index (χ2n) is 6.31. The zero-order chi connectivity index (χ0) is 21.0. The van der Waals surface area contributed by atoms with Gasteiger partial charge in [0.2, 0.25) is 11.9 Å². The number of aromatic nitrogens is 3. The molecule has 0 aliphatic carbocycles. The molecular formula is C20H22FN5O3. The van der Waals surface area contributed by atoms with Crippen molar-refractivity contribution in [1.82, 2.24) is 14.8 Å². The Labute approximate surface area is 167 Å². The first-order valence-corrected chi connectivity index (χ1v) is 8.80. The maximum atomic E-state index is 13.2. The third kappa shape index (κ3) is 4.35. The number of carbonyl (C=O) groups excluding carboxylic acids is 1. The topological polar surface area (TPSA) is 81.5 Å². The summed E-state index contributed by atoms with van der Waals surface area (Å²) in [5.74, 6) is 1.13. The van der Waals surface area contributed by atoms with Gasteiger partial charge in [-0.2, -0.15) is 0 Å². The highest BCUT2D eigenvalue weighted by Gasteiger charge is 2.19. The van der Waals surface area contributed by atoms with E-state index < -0.39 is 0 Å². The van der Waals surface area contributed by atoms with Gasteiger partial charge in [-0.1, -0.05) is 0 Å². The van der Waals surface area contributed by atoms with E-state index in [1.807, 2.05) is 23.6 Å². The summed E-state index contributed by atoms with van der Waals surface area (Å²) in [5.41, 5.74) is 2.07. The van der Waals surface area contributed by atoms with Gasteiger partial charge in [-0.3, -0.25) is 9.36 Å². The van der Waals surface area contributed by atoms with E-state index in [2.05, 4.69) is 15.5 Å². The number of benzene rings is 2. The molecule has 1 aromatic heterocycles. The number of methoxy groups -OCH3 is 2. The fourth-order valence-electron chi connectivity index (χ4n) is 2.91. The van der Waals surface area contributed by atoms with Crippen LogP contribution >= 0.6 is 0 Å². The molecule has 8 nitrogen and oxygen atoms in total. The molecule has 0 spiro atoms. The van der Waals surface area contributed by atoms with Crippen molar-refractivity contribution in [2.45, 2.75) is 0 Å². The van der Waals surface area contributed by atoms with E-state index in [0.717, 1.165) is 5.69 Å². The van der Waals surface area contributed by atoms with Crippen molar-refractivity contribution >= 4 is 23.2 Å². The molecule has 0 aliphatic heterocycles. The van der Waals surface area contributed by atoms with E-state index in [4.69, 9.17) is 9.47 Å². The van der Waals surface area contributed by atoms with E-state index in [0.29, 0.717) is 28.8 Å². The number of hydrogen-bond donors (Lipinski definition) is 1. The second kappa shape index (κ2) is 8.70. The lowest BCUT2D eigenvalue weighted by Gasteiger charge is -2.18. The molecule has 0 bridgehead atoms. The lowest BCUT2D eigenvalue weighted by molar-refractivity contribution is -0.119. The van der Waals surface area contributed by atoms with Gasteiger partial charge in [-0.15, -0.1) is 10.2 Å². The Bertz CT molecular complexity index is 1000. The van der Waals surface area contributed by atoms with Crippen LogP contribution in [0.4, 0.5) is 21.7 Å². The normalized spacial score (nSPS) is 10.7. The predicted molar refractivity (Wildman–Crippen MR) is 108 cm³/mol. The summed E-state index contributed by atoms with van der Waals surface area (Å²) in [4.78, 5) is 13.5. The Kier molecular flexibility index (Phi) is 6.08. The van der Waals surface area contributed by atoms with Gasteiger partial charge in [0.25, 0.3) is 0 Å². The number of anilines is 3. The molecule has 2 aromatic carbocycles. The van der Waals surface area contributed by atoms with Crippen LogP contribution < -0.4 is 15.0 Å². The molecule has 0 aliphatic rings. The zero-order valence-electron chi connectivity index (χ0n) is 16.6. The Morgan fingerprint density at radius 1 is 1.17 bits per heavy atom. The predicted octanol–water partition coefficient (Wildman–Crippen LogP) is 2.98. The maximum absolute atomic E-state index is 13.2. The highest BCUT2D eigenvalue weighted by atomic mass is 19.1. The molecule has 1 amide bonds. The molecule has 152 valence electrons. The Morgan fingerprint density at radius 2 is 1.90 bits per heavy atom. The molecule has 1 N–H and O–H groups in total. The van der Waals surface area contributed by atoms with Gasteiger partial charge in [0.1, 0.15) is 18.2 Å². The van der Waals surface area contributed by atoms with Crippen molar-refractivity contribution < 1.29 is 18.7 Å². The Hall–Kier alpha value is -3.46. The number of amides is 1. The van der Waals surface area contributed by atoms with Gasteiger partial charge in [-0.25, -0.2) is 4.39 Å². The fourth-order valence-corrected chi connectivity index (χ4v) is 2.91. The van der Waals surface area contributed by atoms with Crippen molar-refractivity contribution in [1.29, 1.82) is 0 Å². The van der Waals surface area contributed by atoms with Crippen LogP contribution in [0.3, 0.4) is 0 Å². The molecule has 3 rings (SSSR count). The van der Waals surface area contributed by atoms with E-state index in [-0.39, 0.29) is 18.3 Å². The first kappa shape index (κ1) is 20.3. The smallest absolute Gasteiger partial charge is 0.250 e. The number of hydrogen-bond acceptors (Lipinski definition) is 6. The van der Waals surface area contributed by atoms with Crippen molar-refractivity contribution in [2.75, 3.05) is 38.1 Å². The number of carbonyl (C=O) groups is 1. The van der Waals surface area contributed by atoms with Gasteiger partial charge in [0, 0.05) is 38.6 Å². The summed E-state index contributed by atoms with van der Waals surface area (Å²) in [7, 11) is 6.66. The van der Waals surface area contributed by atoms with Gasteiger partial charge >= 0.3 is 0 Å². The minimum atomic E-state index is -0.303. The summed E-state index contributed by atoms with van der Waals surface area (Å²) in [6, 6.07) is 11.4. The number of nitrogens with zero attached hydrogens (tertiary/aromatic N) is 4. The highest BCUT2D eigenvalue weighted by molar-refractivity contribution is 5.92. The molecule has 1 heterocycles. The lowest BCUT2D eigenvalue weighted by atomic mass is 10.1. The molecule has 0 fully saturated rings. The Balaban J connectivity index is 1.91. The molecule has 29 heavy (non-hydrogen) atoms. The van der Waals surface area contributed by atoms with Gasteiger partial charge < -0.3 is 19.7 Å². The first-order valence-electron chi connectivity index (χ1n) is 8.80. The molecule has 0 saturated heterocycles. The van der Waals surface area contributed by atoms with Crippen LogP contribution in [0, 0.1) is 5.82 Å². The van der Waals surface area contributed by atoms with Crippen molar-refractivity contribution in [3.8, 4) is 17.1 Å². The van der Waals surface area contributed by atoms with Crippen LogP contribution in [-0.4, -0.2) is 48.5 Å². The van der Waals surface area contributed by atoms with Crippen LogP contribution in [0.1, 0.15) is 0 Å². The van der Waals surface area contributed by atoms with Crippen molar-refractivity contribution in [3.63, 3.8) is 0 Å². The average molecular weight is 399 g/mol. The monoisotopic (exact) mass is 399 g/mol. The summed E-state index contributed by atoms with van der Waals surface area (Å²) in [6.45, 7) is -0.0353. The number of ether oxygens (including phenoxy) is 2. The van der Waals surface area contributed by atoms with E-state index in [1.54, 1.807) is 37.4 Å². The Morgan fingerprint density at radius 3 is 2.55 bits per heavy atom. The molecule has 0 atom stereocenters. The maximum Gasteiger partial charge on any atom is 0.250 e. The second-order valence-corrected chi connectivity index (χ2v) is 6.31. The minimum Gasteiger partial charge on any atom is -0.496 e. The summed E-state index contributed by atoms with van der Waals surface area (Å²) >= 11 is 0. The molecule has 0 radical (unpaired) electrons. The van der Waals surface area contributed by atoms with Crippen LogP contribution in [0.5, 0.6) is 5.75 Å². The SMILES string of the molecule is COCC(=O)Nc1ccc(-c2nnc(N(C)c3ccc(F)cc3)n2C)c(OC)c1. The highest BCUT2D eigenvalue weighted by Crippen LogP contribution is 2.33. The molecule has 0 unspecified atom stereocenters. The number of halogens is 1. The molecule has 9 heteroatoms. The minimum absolute atomic E-state index is 0.0353. The number of nitrogens with one attached hydrogen (secondary N) is 1. The number of rotatable bonds is 7. The van der Waals surface area contributed by atoms with Crippen LogP contribution in [0.2, 0.25) is 0 Å². The first-order chi connectivity index (χ1) is 13.9. The average Bonchev–Trinajstić information content (AvgIpc) is 3.09. The summed E-state index contributed by atoms with van der Waals surface area (Å²) in [6.07, 6.45) is 0. The fraction of sp³-hybridized carbons (Fsp3) is 0.250. The molecular weight excluding hydrogens is 377 g/mol. The quantitative estimate of drug-likeness (QED) is 0.658. The van der Waals surface area contributed by atoms with Gasteiger partial charge in [-0.05, 0) is 36.4 Å².